The molecule has 3 aromatic rings. The number of amides is 1. The average Bonchev–Trinajstić information content (AvgIpc) is 3.40. The lowest BCUT2D eigenvalue weighted by molar-refractivity contribution is -0.135. The number of ether oxygens (including phenoxy) is 1. The molecule has 1 aliphatic heterocycles. The van der Waals surface area contributed by atoms with E-state index < -0.39 is 16.0 Å². The van der Waals surface area contributed by atoms with Crippen molar-refractivity contribution in [3.05, 3.63) is 83.2 Å². The summed E-state index contributed by atoms with van der Waals surface area (Å²) in [7, 11) is -3.82. The van der Waals surface area contributed by atoms with Gasteiger partial charge in [-0.15, -0.1) is 11.3 Å². The summed E-state index contributed by atoms with van der Waals surface area (Å²) >= 11 is 1.08. The largest absolute Gasteiger partial charge is 0.452 e. The first-order valence-corrected chi connectivity index (χ1v) is 13.4. The van der Waals surface area contributed by atoms with Gasteiger partial charge in [0.05, 0.1) is 11.3 Å². The minimum atomic E-state index is -3.82. The molecule has 1 amide bonds. The van der Waals surface area contributed by atoms with Crippen molar-refractivity contribution in [1.29, 1.82) is 0 Å². The molecule has 1 fully saturated rings. The summed E-state index contributed by atoms with van der Waals surface area (Å²) in [5.74, 6) is -0.475. The van der Waals surface area contributed by atoms with E-state index in [-0.39, 0.29) is 28.0 Å². The number of hydrogen-bond donors (Lipinski definition) is 1. The molecule has 1 saturated heterocycles. The number of para-hydroxylation sites is 1. The number of carbonyl (C=O) groups excluding carboxylic acids is 2. The number of nitrogens with one attached hydrogen (secondary N) is 1. The predicted octanol–water partition coefficient (Wildman–Crippen LogP) is 4.19. The molecule has 0 bridgehead atoms. The smallest absolute Gasteiger partial charge is 0.340 e. The van der Waals surface area contributed by atoms with Crippen LogP contribution in [0.4, 0.5) is 5.69 Å². The molecule has 1 aliphatic rings. The summed E-state index contributed by atoms with van der Waals surface area (Å²) in [6.45, 7) is 0.879. The lowest BCUT2D eigenvalue weighted by atomic mass is 9.90. The van der Waals surface area contributed by atoms with Gasteiger partial charge in [-0.25, -0.2) is 13.2 Å². The monoisotopic (exact) mass is 498 g/mol. The third-order valence-corrected chi connectivity index (χ3v) is 8.58. The Labute approximate surface area is 203 Å². The summed E-state index contributed by atoms with van der Waals surface area (Å²) in [5, 5.41) is 1.66. The molecule has 0 saturated carbocycles. The second-order valence-corrected chi connectivity index (χ2v) is 11.0. The van der Waals surface area contributed by atoms with Crippen molar-refractivity contribution in [2.45, 2.75) is 23.5 Å². The van der Waals surface area contributed by atoms with Gasteiger partial charge in [-0.3, -0.25) is 9.52 Å². The Morgan fingerprint density at radius 1 is 0.971 bits per heavy atom. The Morgan fingerprint density at radius 3 is 2.38 bits per heavy atom. The van der Waals surface area contributed by atoms with E-state index in [1.165, 1.54) is 23.8 Å². The molecule has 1 N–H and O–H groups in total. The molecule has 0 atom stereocenters. The van der Waals surface area contributed by atoms with Gasteiger partial charge in [0.15, 0.2) is 6.61 Å². The van der Waals surface area contributed by atoms with Crippen LogP contribution in [0.25, 0.3) is 0 Å². The molecule has 2 heterocycles. The minimum absolute atomic E-state index is 0.0528. The fraction of sp³-hybridized carbons (Fsp3) is 0.280. The quantitative estimate of drug-likeness (QED) is 0.470. The van der Waals surface area contributed by atoms with E-state index in [4.69, 9.17) is 4.74 Å². The van der Waals surface area contributed by atoms with Crippen LogP contribution < -0.4 is 4.72 Å². The van der Waals surface area contributed by atoms with Gasteiger partial charge >= 0.3 is 5.97 Å². The van der Waals surface area contributed by atoms with Gasteiger partial charge in [-0.2, -0.15) is 0 Å². The number of hydrogen-bond acceptors (Lipinski definition) is 6. The molecule has 0 radical (unpaired) electrons. The van der Waals surface area contributed by atoms with Crippen molar-refractivity contribution >= 4 is 38.9 Å². The van der Waals surface area contributed by atoms with Gasteiger partial charge in [0.2, 0.25) is 0 Å². The van der Waals surface area contributed by atoms with E-state index in [9.17, 15) is 18.0 Å². The Morgan fingerprint density at radius 2 is 1.68 bits per heavy atom. The molecule has 0 aliphatic carbocycles. The highest BCUT2D eigenvalue weighted by Gasteiger charge is 2.25. The fourth-order valence-corrected chi connectivity index (χ4v) is 6.06. The highest BCUT2D eigenvalue weighted by Crippen LogP contribution is 2.24. The lowest BCUT2D eigenvalue weighted by Gasteiger charge is -2.32. The minimum Gasteiger partial charge on any atom is -0.452 e. The summed E-state index contributed by atoms with van der Waals surface area (Å²) < 4.78 is 32.9. The van der Waals surface area contributed by atoms with Crippen molar-refractivity contribution in [3.8, 4) is 0 Å². The van der Waals surface area contributed by atoms with Gasteiger partial charge in [-0.1, -0.05) is 48.5 Å². The van der Waals surface area contributed by atoms with E-state index in [1.54, 1.807) is 28.5 Å². The second-order valence-electron chi connectivity index (χ2n) is 8.17. The van der Waals surface area contributed by atoms with Crippen LogP contribution in [0.5, 0.6) is 0 Å². The van der Waals surface area contributed by atoms with Crippen molar-refractivity contribution in [2.75, 3.05) is 24.4 Å². The number of thiophene rings is 1. The Balaban J connectivity index is 1.30. The molecule has 9 heteroatoms. The van der Waals surface area contributed by atoms with Gasteiger partial charge in [0.1, 0.15) is 4.21 Å². The third-order valence-electron chi connectivity index (χ3n) is 5.81. The molecular weight excluding hydrogens is 472 g/mol. The maximum absolute atomic E-state index is 12.7. The highest BCUT2D eigenvalue weighted by atomic mass is 32.2. The number of nitrogens with zero attached hydrogens (tertiary/aromatic N) is 1. The van der Waals surface area contributed by atoms with E-state index in [0.29, 0.717) is 19.0 Å². The number of piperidine rings is 1. The van der Waals surface area contributed by atoms with Crippen LogP contribution >= 0.6 is 11.3 Å². The SMILES string of the molecule is O=C(OCC(=O)N1CCC(Cc2ccccc2)CC1)c1ccccc1NS(=O)(=O)c1cccs1. The molecule has 0 spiro atoms. The molecule has 7 nitrogen and oxygen atoms in total. The Hall–Kier alpha value is -3.17. The van der Waals surface area contributed by atoms with Crippen LogP contribution in [0.15, 0.2) is 76.3 Å². The first-order valence-electron chi connectivity index (χ1n) is 11.1. The lowest BCUT2D eigenvalue weighted by Crippen LogP contribution is -2.41. The van der Waals surface area contributed by atoms with Crippen molar-refractivity contribution in [2.24, 2.45) is 5.92 Å². The van der Waals surface area contributed by atoms with Crippen LogP contribution in [-0.2, 0) is 26.0 Å². The summed E-state index contributed by atoms with van der Waals surface area (Å²) in [6, 6.07) is 19.6. The number of esters is 1. The number of sulfonamides is 1. The molecule has 178 valence electrons. The number of likely N-dealkylation sites (tertiary alicyclic amines) is 1. The van der Waals surface area contributed by atoms with Gasteiger partial charge < -0.3 is 9.64 Å². The van der Waals surface area contributed by atoms with E-state index in [0.717, 1.165) is 30.6 Å². The molecular formula is C25H26N2O5S2. The van der Waals surface area contributed by atoms with Gasteiger partial charge in [-0.05, 0) is 54.3 Å². The van der Waals surface area contributed by atoms with Gasteiger partial charge in [0.25, 0.3) is 15.9 Å². The van der Waals surface area contributed by atoms with Crippen molar-refractivity contribution in [3.63, 3.8) is 0 Å². The predicted molar refractivity (Wildman–Crippen MR) is 131 cm³/mol. The van der Waals surface area contributed by atoms with E-state index >= 15 is 0 Å². The maximum Gasteiger partial charge on any atom is 0.340 e. The first kappa shape index (κ1) is 24.0. The first-order chi connectivity index (χ1) is 16.4. The Bertz CT molecular complexity index is 1220. The van der Waals surface area contributed by atoms with E-state index in [1.807, 2.05) is 18.2 Å². The number of benzene rings is 2. The molecule has 4 rings (SSSR count). The van der Waals surface area contributed by atoms with Crippen LogP contribution in [0.1, 0.15) is 28.8 Å². The van der Waals surface area contributed by atoms with Crippen molar-refractivity contribution in [1.82, 2.24) is 4.90 Å². The summed E-state index contributed by atoms with van der Waals surface area (Å²) in [4.78, 5) is 27.0. The zero-order chi connectivity index (χ0) is 24.0. The highest BCUT2D eigenvalue weighted by molar-refractivity contribution is 7.94. The van der Waals surface area contributed by atoms with Crippen LogP contribution in [0.2, 0.25) is 0 Å². The van der Waals surface area contributed by atoms with E-state index in [2.05, 4.69) is 16.9 Å². The standard InChI is InChI=1S/C25H26N2O5S2/c28-23(27-14-12-20(13-15-27)17-19-7-2-1-3-8-19)18-32-25(29)21-9-4-5-10-22(21)26-34(30,31)24-11-6-16-33-24/h1-11,16,20,26H,12-15,17-18H2. The number of carbonyl (C=O) groups is 2. The molecule has 2 aromatic carbocycles. The van der Waals surface area contributed by atoms with Gasteiger partial charge in [0, 0.05) is 13.1 Å². The summed E-state index contributed by atoms with van der Waals surface area (Å²) in [5.41, 5.74) is 1.46. The molecule has 0 unspecified atom stereocenters. The van der Waals surface area contributed by atoms with Crippen molar-refractivity contribution < 1.29 is 22.7 Å². The second kappa shape index (κ2) is 10.8. The summed E-state index contributed by atoms with van der Waals surface area (Å²) in [6.07, 6.45) is 2.81. The molecule has 34 heavy (non-hydrogen) atoms. The zero-order valence-corrected chi connectivity index (χ0v) is 20.2. The Kier molecular flexibility index (Phi) is 7.64. The third kappa shape index (κ3) is 6.03. The normalized spacial score (nSPS) is 14.5. The zero-order valence-electron chi connectivity index (χ0n) is 18.6. The van der Waals surface area contributed by atoms with Crippen LogP contribution in [0, 0.1) is 5.92 Å². The number of anilines is 1. The maximum atomic E-state index is 12.7. The fourth-order valence-electron chi connectivity index (χ4n) is 3.99. The topological polar surface area (TPSA) is 92.8 Å². The van der Waals surface area contributed by atoms with Crippen LogP contribution in [-0.4, -0.2) is 44.9 Å². The van der Waals surface area contributed by atoms with Crippen LogP contribution in [0.3, 0.4) is 0 Å². The number of rotatable bonds is 8. The molecule has 1 aromatic heterocycles. The average molecular weight is 499 g/mol.